The molecule has 116 valence electrons. The van der Waals surface area contributed by atoms with Gasteiger partial charge in [0.05, 0.1) is 11.7 Å². The molecule has 1 N–H and O–H groups in total. The smallest absolute Gasteiger partial charge is 0.0687 e. The van der Waals surface area contributed by atoms with Gasteiger partial charge in [0.2, 0.25) is 0 Å². The minimum absolute atomic E-state index is 0.320. The maximum absolute atomic E-state index is 6.49. The highest BCUT2D eigenvalue weighted by Gasteiger charge is 2.40. The monoisotopic (exact) mass is 279 g/mol. The lowest BCUT2D eigenvalue weighted by Gasteiger charge is -2.33. The standard InChI is InChI=1S/C18H33NO/c1-2-19-17(15-9-10-15)8-6-7-16-11-14-18(20-16)12-4-3-5-13-18/h15-17,19H,2-14H2,1H3. The highest BCUT2D eigenvalue weighted by Crippen LogP contribution is 2.43. The first-order chi connectivity index (χ1) is 9.81. The topological polar surface area (TPSA) is 21.3 Å². The van der Waals surface area contributed by atoms with Crippen LogP contribution in [0.5, 0.6) is 0 Å². The van der Waals surface area contributed by atoms with Crippen molar-refractivity contribution in [2.45, 2.75) is 102 Å². The van der Waals surface area contributed by atoms with Gasteiger partial charge in [-0.25, -0.2) is 0 Å². The van der Waals surface area contributed by atoms with Crippen molar-refractivity contribution in [1.82, 2.24) is 5.32 Å². The Morgan fingerprint density at radius 2 is 1.90 bits per heavy atom. The zero-order chi connectivity index (χ0) is 13.8. The van der Waals surface area contributed by atoms with Crippen LogP contribution in [0, 0.1) is 5.92 Å². The minimum atomic E-state index is 0.320. The molecule has 2 nitrogen and oxygen atoms in total. The molecule has 0 bridgehead atoms. The maximum Gasteiger partial charge on any atom is 0.0687 e. The Hall–Kier alpha value is -0.0800. The van der Waals surface area contributed by atoms with E-state index >= 15 is 0 Å². The Kier molecular flexibility index (Phi) is 5.04. The van der Waals surface area contributed by atoms with Gasteiger partial charge >= 0.3 is 0 Å². The van der Waals surface area contributed by atoms with Crippen molar-refractivity contribution >= 4 is 0 Å². The molecule has 2 heteroatoms. The summed E-state index contributed by atoms with van der Waals surface area (Å²) in [5.74, 6) is 0.990. The molecule has 0 radical (unpaired) electrons. The van der Waals surface area contributed by atoms with E-state index in [1.165, 1.54) is 77.0 Å². The molecule has 1 spiro atoms. The van der Waals surface area contributed by atoms with E-state index < -0.39 is 0 Å². The largest absolute Gasteiger partial charge is 0.372 e. The van der Waals surface area contributed by atoms with Crippen molar-refractivity contribution in [2.24, 2.45) is 5.92 Å². The molecule has 1 saturated heterocycles. The summed E-state index contributed by atoms with van der Waals surface area (Å²) in [6.07, 6.45) is 17.1. The average Bonchev–Trinajstić information content (AvgIpc) is 3.24. The number of hydrogen-bond acceptors (Lipinski definition) is 2. The van der Waals surface area contributed by atoms with Gasteiger partial charge in [0, 0.05) is 6.04 Å². The fourth-order valence-electron chi connectivity index (χ4n) is 4.49. The van der Waals surface area contributed by atoms with Crippen LogP contribution in [0.25, 0.3) is 0 Å². The van der Waals surface area contributed by atoms with Gasteiger partial charge in [0.15, 0.2) is 0 Å². The Bertz CT molecular complexity index is 294. The van der Waals surface area contributed by atoms with Gasteiger partial charge in [-0.1, -0.05) is 26.2 Å². The lowest BCUT2D eigenvalue weighted by Crippen LogP contribution is -2.32. The fourth-order valence-corrected chi connectivity index (χ4v) is 4.49. The van der Waals surface area contributed by atoms with Gasteiger partial charge in [-0.3, -0.25) is 0 Å². The predicted molar refractivity (Wildman–Crippen MR) is 84.0 cm³/mol. The SMILES string of the molecule is CCNC(CCCC1CCC2(CCCCC2)O1)C1CC1. The third kappa shape index (κ3) is 3.76. The molecule has 0 amide bonds. The van der Waals surface area contributed by atoms with E-state index in [-0.39, 0.29) is 0 Å². The van der Waals surface area contributed by atoms with Crippen LogP contribution in [-0.4, -0.2) is 24.3 Å². The average molecular weight is 279 g/mol. The van der Waals surface area contributed by atoms with Crippen molar-refractivity contribution in [3.8, 4) is 0 Å². The second-order valence-corrected chi connectivity index (χ2v) is 7.45. The van der Waals surface area contributed by atoms with E-state index in [1.54, 1.807) is 0 Å². The molecule has 2 aliphatic carbocycles. The van der Waals surface area contributed by atoms with E-state index in [2.05, 4.69) is 12.2 Å². The normalized spacial score (nSPS) is 30.8. The van der Waals surface area contributed by atoms with E-state index in [1.807, 2.05) is 0 Å². The third-order valence-corrected chi connectivity index (χ3v) is 5.80. The van der Waals surface area contributed by atoms with Crippen molar-refractivity contribution in [3.05, 3.63) is 0 Å². The Morgan fingerprint density at radius 3 is 2.60 bits per heavy atom. The zero-order valence-corrected chi connectivity index (χ0v) is 13.3. The molecule has 3 rings (SSSR count). The molecule has 2 atom stereocenters. The van der Waals surface area contributed by atoms with Gasteiger partial charge in [0.25, 0.3) is 0 Å². The number of hydrogen-bond donors (Lipinski definition) is 1. The van der Waals surface area contributed by atoms with Crippen LogP contribution in [0.15, 0.2) is 0 Å². The second kappa shape index (κ2) is 6.79. The summed E-state index contributed by atoms with van der Waals surface area (Å²) in [5, 5.41) is 3.69. The van der Waals surface area contributed by atoms with E-state index in [4.69, 9.17) is 4.74 Å². The second-order valence-electron chi connectivity index (χ2n) is 7.45. The van der Waals surface area contributed by atoms with Crippen LogP contribution in [0.4, 0.5) is 0 Å². The highest BCUT2D eigenvalue weighted by atomic mass is 16.5. The van der Waals surface area contributed by atoms with Gasteiger partial charge in [-0.2, -0.15) is 0 Å². The molecule has 2 saturated carbocycles. The van der Waals surface area contributed by atoms with Crippen molar-refractivity contribution in [3.63, 3.8) is 0 Å². The highest BCUT2D eigenvalue weighted by molar-refractivity contribution is 4.91. The first kappa shape index (κ1) is 14.8. The number of rotatable bonds is 7. The van der Waals surface area contributed by atoms with Gasteiger partial charge in [-0.05, 0) is 70.3 Å². The molecular formula is C18H33NO. The molecule has 0 aromatic rings. The minimum Gasteiger partial charge on any atom is -0.372 e. The van der Waals surface area contributed by atoms with Crippen molar-refractivity contribution < 1.29 is 4.74 Å². The molecule has 0 aromatic carbocycles. The van der Waals surface area contributed by atoms with Gasteiger partial charge in [-0.15, -0.1) is 0 Å². The van der Waals surface area contributed by atoms with Crippen LogP contribution in [-0.2, 0) is 4.74 Å². The zero-order valence-electron chi connectivity index (χ0n) is 13.3. The number of ether oxygens (including phenoxy) is 1. The van der Waals surface area contributed by atoms with Crippen LogP contribution in [0.3, 0.4) is 0 Å². The van der Waals surface area contributed by atoms with E-state index in [0.29, 0.717) is 11.7 Å². The summed E-state index contributed by atoms with van der Waals surface area (Å²) in [5.41, 5.74) is 0.320. The summed E-state index contributed by atoms with van der Waals surface area (Å²) in [7, 11) is 0. The van der Waals surface area contributed by atoms with Crippen LogP contribution >= 0.6 is 0 Å². The van der Waals surface area contributed by atoms with Gasteiger partial charge < -0.3 is 10.1 Å². The van der Waals surface area contributed by atoms with Crippen LogP contribution < -0.4 is 5.32 Å². The van der Waals surface area contributed by atoms with Crippen LogP contribution in [0.2, 0.25) is 0 Å². The lowest BCUT2D eigenvalue weighted by atomic mass is 9.83. The van der Waals surface area contributed by atoms with E-state index in [0.717, 1.165) is 18.5 Å². The Labute approximate surface area is 125 Å². The molecular weight excluding hydrogens is 246 g/mol. The molecule has 1 heterocycles. The Balaban J connectivity index is 1.36. The lowest BCUT2D eigenvalue weighted by molar-refractivity contribution is -0.0662. The summed E-state index contributed by atoms with van der Waals surface area (Å²) < 4.78 is 6.49. The van der Waals surface area contributed by atoms with E-state index in [9.17, 15) is 0 Å². The molecule has 0 aromatic heterocycles. The maximum atomic E-state index is 6.49. The molecule has 3 aliphatic rings. The summed E-state index contributed by atoms with van der Waals surface area (Å²) in [4.78, 5) is 0. The summed E-state index contributed by atoms with van der Waals surface area (Å²) in [6.45, 7) is 3.37. The van der Waals surface area contributed by atoms with Crippen molar-refractivity contribution in [2.75, 3.05) is 6.54 Å². The quantitative estimate of drug-likeness (QED) is 0.744. The summed E-state index contributed by atoms with van der Waals surface area (Å²) in [6, 6.07) is 0.796. The fraction of sp³-hybridized carbons (Fsp3) is 1.00. The first-order valence-corrected chi connectivity index (χ1v) is 9.22. The molecule has 2 unspecified atom stereocenters. The molecule has 20 heavy (non-hydrogen) atoms. The van der Waals surface area contributed by atoms with Crippen LogP contribution in [0.1, 0.15) is 84.0 Å². The molecule has 1 aliphatic heterocycles. The van der Waals surface area contributed by atoms with Crippen molar-refractivity contribution in [1.29, 1.82) is 0 Å². The third-order valence-electron chi connectivity index (χ3n) is 5.80. The molecule has 3 fully saturated rings. The summed E-state index contributed by atoms with van der Waals surface area (Å²) >= 11 is 0. The first-order valence-electron chi connectivity index (χ1n) is 9.22. The Morgan fingerprint density at radius 1 is 1.10 bits per heavy atom. The number of nitrogens with one attached hydrogen (secondary N) is 1. The van der Waals surface area contributed by atoms with Gasteiger partial charge in [0.1, 0.15) is 0 Å². The predicted octanol–water partition coefficient (Wildman–Crippen LogP) is 4.43.